The number of anilines is 1. The van der Waals surface area contributed by atoms with Crippen LogP contribution in [-0.4, -0.2) is 11.8 Å². The van der Waals surface area contributed by atoms with Crippen molar-refractivity contribution in [2.75, 3.05) is 4.90 Å². The lowest BCUT2D eigenvalue weighted by atomic mass is 9.62. The lowest BCUT2D eigenvalue weighted by Crippen LogP contribution is -2.59. The predicted octanol–water partition coefficient (Wildman–Crippen LogP) is 3.00. The number of rotatable bonds is 1. The number of piperidine rings is 1. The molecule has 2 aliphatic rings. The van der Waals surface area contributed by atoms with Gasteiger partial charge in [-0.2, -0.15) is 0 Å². The molecule has 3 rings (SSSR count). The van der Waals surface area contributed by atoms with E-state index in [4.69, 9.17) is 0 Å². The molecule has 2 amide bonds. The fourth-order valence-electron chi connectivity index (χ4n) is 3.64. The second-order valence-corrected chi connectivity index (χ2v) is 6.46. The Labute approximate surface area is 113 Å². The number of para-hydroxylation sites is 1. The van der Waals surface area contributed by atoms with Crippen molar-refractivity contribution in [3.05, 3.63) is 30.3 Å². The van der Waals surface area contributed by atoms with Gasteiger partial charge in [0.15, 0.2) is 0 Å². The van der Waals surface area contributed by atoms with E-state index in [1.165, 1.54) is 4.90 Å². The molecule has 0 N–H and O–H groups in total. The second kappa shape index (κ2) is 3.69. The maximum Gasteiger partial charge on any atom is 0.240 e. The molecule has 1 aliphatic carbocycles. The summed E-state index contributed by atoms with van der Waals surface area (Å²) in [6.07, 6.45) is 1.62. The van der Waals surface area contributed by atoms with Gasteiger partial charge in [-0.25, -0.2) is 4.90 Å². The van der Waals surface area contributed by atoms with E-state index < -0.39 is 5.41 Å². The first-order chi connectivity index (χ1) is 8.89. The third-order valence-corrected chi connectivity index (χ3v) is 5.43. The van der Waals surface area contributed by atoms with Gasteiger partial charge >= 0.3 is 0 Å². The van der Waals surface area contributed by atoms with E-state index in [0.717, 1.165) is 12.8 Å². The number of benzene rings is 1. The summed E-state index contributed by atoms with van der Waals surface area (Å²) in [4.78, 5) is 26.9. The van der Waals surface area contributed by atoms with E-state index >= 15 is 0 Å². The summed E-state index contributed by atoms with van der Waals surface area (Å²) in [5.41, 5.74) is 0.0274. The van der Waals surface area contributed by atoms with Crippen LogP contribution in [0.2, 0.25) is 0 Å². The van der Waals surface area contributed by atoms with E-state index in [1.54, 1.807) is 0 Å². The number of carbonyl (C=O) groups excluding carboxylic acids is 2. The molecule has 1 saturated carbocycles. The molecule has 100 valence electrons. The Hall–Kier alpha value is -1.64. The minimum atomic E-state index is -0.429. The topological polar surface area (TPSA) is 37.4 Å². The Morgan fingerprint density at radius 1 is 1.11 bits per heavy atom. The summed E-state index contributed by atoms with van der Waals surface area (Å²) in [5.74, 6) is -0.117. The summed E-state index contributed by atoms with van der Waals surface area (Å²) in [5, 5.41) is 0. The van der Waals surface area contributed by atoms with E-state index in [-0.39, 0.29) is 23.1 Å². The normalized spacial score (nSPS) is 32.8. The smallest absolute Gasteiger partial charge is 0.240 e. The molecule has 1 aliphatic heterocycles. The molecule has 0 radical (unpaired) electrons. The molecule has 1 heterocycles. The Morgan fingerprint density at radius 3 is 2.37 bits per heavy atom. The van der Waals surface area contributed by atoms with Crippen molar-refractivity contribution in [1.82, 2.24) is 0 Å². The van der Waals surface area contributed by atoms with Gasteiger partial charge in [0.1, 0.15) is 0 Å². The van der Waals surface area contributed by atoms with E-state index in [0.29, 0.717) is 5.69 Å². The molecule has 1 aromatic carbocycles. The van der Waals surface area contributed by atoms with E-state index in [9.17, 15) is 9.59 Å². The molecule has 2 fully saturated rings. The highest BCUT2D eigenvalue weighted by Gasteiger charge is 2.64. The highest BCUT2D eigenvalue weighted by atomic mass is 16.2. The molecular formula is C16H19NO2. The Morgan fingerprint density at radius 2 is 1.74 bits per heavy atom. The van der Waals surface area contributed by atoms with Gasteiger partial charge in [-0.3, -0.25) is 9.59 Å². The maximum atomic E-state index is 12.8. The van der Waals surface area contributed by atoms with Crippen LogP contribution in [-0.2, 0) is 9.59 Å². The number of nitrogens with zero attached hydrogens (tertiary/aromatic N) is 1. The van der Waals surface area contributed by atoms with Crippen molar-refractivity contribution in [2.45, 2.75) is 33.6 Å². The maximum absolute atomic E-state index is 12.8. The van der Waals surface area contributed by atoms with Crippen LogP contribution in [0.25, 0.3) is 0 Å². The van der Waals surface area contributed by atoms with Crippen LogP contribution < -0.4 is 4.90 Å². The molecule has 3 nitrogen and oxygen atoms in total. The number of hydrogen-bond acceptors (Lipinski definition) is 2. The van der Waals surface area contributed by atoms with Gasteiger partial charge in [0.25, 0.3) is 0 Å². The van der Waals surface area contributed by atoms with Gasteiger partial charge in [-0.1, -0.05) is 39.0 Å². The highest BCUT2D eigenvalue weighted by molar-refractivity contribution is 6.20. The molecule has 0 aromatic heterocycles. The molecule has 3 heteroatoms. The summed E-state index contributed by atoms with van der Waals surface area (Å²) in [7, 11) is 0. The first-order valence-corrected chi connectivity index (χ1v) is 6.83. The summed E-state index contributed by atoms with van der Waals surface area (Å²) in [6, 6.07) is 9.27. The van der Waals surface area contributed by atoms with Crippen LogP contribution >= 0.6 is 0 Å². The second-order valence-electron chi connectivity index (χ2n) is 6.46. The van der Waals surface area contributed by atoms with Gasteiger partial charge in [-0.15, -0.1) is 0 Å². The van der Waals surface area contributed by atoms with Crippen molar-refractivity contribution in [3.63, 3.8) is 0 Å². The van der Waals surface area contributed by atoms with Gasteiger partial charge in [0, 0.05) is 5.92 Å². The summed E-state index contributed by atoms with van der Waals surface area (Å²) >= 11 is 0. The average Bonchev–Trinajstić information content (AvgIpc) is 2.56. The van der Waals surface area contributed by atoms with Crippen molar-refractivity contribution in [2.24, 2.45) is 16.7 Å². The molecule has 0 unspecified atom stereocenters. The zero-order valence-corrected chi connectivity index (χ0v) is 11.6. The Bertz CT molecular complexity index is 549. The molecule has 1 saturated heterocycles. The fourth-order valence-corrected chi connectivity index (χ4v) is 3.64. The SMILES string of the molecule is CC1(C)[C@H]2CC[C@@]1(C)C(=O)N(c1ccccc1)C2=O. The van der Waals surface area contributed by atoms with Crippen LogP contribution in [0.3, 0.4) is 0 Å². The van der Waals surface area contributed by atoms with Crippen LogP contribution in [0.4, 0.5) is 5.69 Å². The van der Waals surface area contributed by atoms with Crippen molar-refractivity contribution < 1.29 is 9.59 Å². The number of hydrogen-bond donors (Lipinski definition) is 0. The summed E-state index contributed by atoms with van der Waals surface area (Å²) < 4.78 is 0. The largest absolute Gasteiger partial charge is 0.274 e. The molecule has 2 atom stereocenters. The van der Waals surface area contributed by atoms with E-state index in [2.05, 4.69) is 13.8 Å². The number of amides is 2. The number of carbonyl (C=O) groups is 2. The first kappa shape index (κ1) is 12.4. The Kier molecular flexibility index (Phi) is 2.40. The van der Waals surface area contributed by atoms with Gasteiger partial charge in [0.05, 0.1) is 11.1 Å². The van der Waals surface area contributed by atoms with Crippen LogP contribution in [0.15, 0.2) is 30.3 Å². The van der Waals surface area contributed by atoms with Gasteiger partial charge in [-0.05, 0) is 30.4 Å². The molecule has 0 spiro atoms. The first-order valence-electron chi connectivity index (χ1n) is 6.83. The average molecular weight is 257 g/mol. The zero-order valence-electron chi connectivity index (χ0n) is 11.6. The molecule has 2 bridgehead atoms. The fraction of sp³-hybridized carbons (Fsp3) is 0.500. The minimum Gasteiger partial charge on any atom is -0.274 e. The van der Waals surface area contributed by atoms with Crippen LogP contribution in [0.1, 0.15) is 33.6 Å². The highest BCUT2D eigenvalue weighted by Crippen LogP contribution is 2.60. The lowest BCUT2D eigenvalue weighted by Gasteiger charge is -2.47. The predicted molar refractivity (Wildman–Crippen MR) is 73.5 cm³/mol. The van der Waals surface area contributed by atoms with Crippen LogP contribution in [0, 0.1) is 16.7 Å². The van der Waals surface area contributed by atoms with Crippen molar-refractivity contribution >= 4 is 17.5 Å². The molecule has 19 heavy (non-hydrogen) atoms. The van der Waals surface area contributed by atoms with Crippen LogP contribution in [0.5, 0.6) is 0 Å². The minimum absolute atomic E-state index is 0.0313. The van der Waals surface area contributed by atoms with E-state index in [1.807, 2.05) is 37.3 Å². The molecular weight excluding hydrogens is 238 g/mol. The monoisotopic (exact) mass is 257 g/mol. The van der Waals surface area contributed by atoms with Gasteiger partial charge in [0.2, 0.25) is 11.8 Å². The Balaban J connectivity index is 2.12. The quantitative estimate of drug-likeness (QED) is 0.725. The molecule has 1 aromatic rings. The summed E-state index contributed by atoms with van der Waals surface area (Å²) in [6.45, 7) is 6.13. The third-order valence-electron chi connectivity index (χ3n) is 5.43. The zero-order chi connectivity index (χ0) is 13.8. The standard InChI is InChI=1S/C16H19NO2/c1-15(2)12-9-10-16(15,3)14(19)17(13(12)18)11-7-5-4-6-8-11/h4-8,12H,9-10H2,1-3H3/t12-,16-/m0/s1. The number of imide groups is 1. The van der Waals surface area contributed by atoms with Crippen molar-refractivity contribution in [3.8, 4) is 0 Å². The lowest BCUT2D eigenvalue weighted by molar-refractivity contribution is -0.146. The van der Waals surface area contributed by atoms with Gasteiger partial charge < -0.3 is 0 Å². The number of fused-ring (bicyclic) bond motifs is 2. The van der Waals surface area contributed by atoms with Crippen molar-refractivity contribution in [1.29, 1.82) is 0 Å². The third kappa shape index (κ3) is 1.38.